The molecule has 0 radical (unpaired) electrons. The van der Waals surface area contributed by atoms with Gasteiger partial charge in [0.05, 0.1) is 12.3 Å². The molecule has 1 heterocycles. The Balaban J connectivity index is 1.52. The Morgan fingerprint density at radius 2 is 2.04 bits per heavy atom. The lowest BCUT2D eigenvalue weighted by Crippen LogP contribution is -2.28. The van der Waals surface area contributed by atoms with Gasteiger partial charge in [0.25, 0.3) is 0 Å². The Morgan fingerprint density at radius 1 is 1.25 bits per heavy atom. The van der Waals surface area contributed by atoms with Crippen LogP contribution in [0.15, 0.2) is 54.9 Å². The van der Waals surface area contributed by atoms with Crippen LogP contribution in [-0.4, -0.2) is 27.3 Å². The van der Waals surface area contributed by atoms with Gasteiger partial charge < -0.3 is 10.4 Å². The summed E-state index contributed by atoms with van der Waals surface area (Å²) in [6.07, 6.45) is 3.98. The standard InChI is InChI=1S/C19H21N3O2/c1-22-13-14(11-21-22)6-9-19(24)20-12-18(23)17-8-7-15-4-2-3-5-16(15)10-17/h2-5,7-8,10-11,13,18,23H,6,9,12H2,1H3,(H,20,24). The molecule has 0 aliphatic rings. The van der Waals surface area contributed by atoms with Crippen LogP contribution < -0.4 is 5.32 Å². The van der Waals surface area contributed by atoms with Gasteiger partial charge in [-0.15, -0.1) is 0 Å². The van der Waals surface area contributed by atoms with Gasteiger partial charge in [0, 0.05) is 26.2 Å². The summed E-state index contributed by atoms with van der Waals surface area (Å²) in [6, 6.07) is 13.8. The second-order valence-corrected chi connectivity index (χ2v) is 5.95. The Labute approximate surface area is 140 Å². The summed E-state index contributed by atoms with van der Waals surface area (Å²) in [5, 5.41) is 19.4. The number of fused-ring (bicyclic) bond motifs is 1. The Morgan fingerprint density at radius 3 is 2.79 bits per heavy atom. The van der Waals surface area contributed by atoms with Crippen molar-refractivity contribution in [3.63, 3.8) is 0 Å². The van der Waals surface area contributed by atoms with Crippen LogP contribution in [-0.2, 0) is 18.3 Å². The molecule has 1 amide bonds. The lowest BCUT2D eigenvalue weighted by atomic mass is 10.0. The first-order chi connectivity index (χ1) is 11.6. The molecule has 124 valence electrons. The number of nitrogens with one attached hydrogen (secondary N) is 1. The van der Waals surface area contributed by atoms with Gasteiger partial charge in [-0.25, -0.2) is 0 Å². The third-order valence-corrected chi connectivity index (χ3v) is 4.05. The molecule has 0 saturated heterocycles. The Bertz CT molecular complexity index is 841. The fourth-order valence-electron chi connectivity index (χ4n) is 2.69. The minimum Gasteiger partial charge on any atom is -0.387 e. The van der Waals surface area contributed by atoms with Crippen molar-refractivity contribution in [3.05, 3.63) is 66.0 Å². The summed E-state index contributed by atoms with van der Waals surface area (Å²) in [4.78, 5) is 11.9. The van der Waals surface area contributed by atoms with Crippen LogP contribution in [0.4, 0.5) is 0 Å². The molecule has 5 nitrogen and oxygen atoms in total. The van der Waals surface area contributed by atoms with Crippen LogP contribution in [0.5, 0.6) is 0 Å². The van der Waals surface area contributed by atoms with Crippen molar-refractivity contribution in [3.8, 4) is 0 Å². The molecule has 3 aromatic rings. The van der Waals surface area contributed by atoms with Crippen molar-refractivity contribution in [1.82, 2.24) is 15.1 Å². The molecular formula is C19H21N3O2. The molecule has 5 heteroatoms. The van der Waals surface area contributed by atoms with Gasteiger partial charge >= 0.3 is 0 Å². The van der Waals surface area contributed by atoms with Gasteiger partial charge in [-0.1, -0.05) is 36.4 Å². The number of hydrogen-bond donors (Lipinski definition) is 2. The number of rotatable bonds is 6. The van der Waals surface area contributed by atoms with Crippen molar-refractivity contribution in [2.75, 3.05) is 6.54 Å². The SMILES string of the molecule is Cn1cc(CCC(=O)NCC(O)c2ccc3ccccc3c2)cn1. The highest BCUT2D eigenvalue weighted by Crippen LogP contribution is 2.20. The van der Waals surface area contributed by atoms with Crippen molar-refractivity contribution in [2.45, 2.75) is 18.9 Å². The molecule has 0 fully saturated rings. The van der Waals surface area contributed by atoms with E-state index in [9.17, 15) is 9.90 Å². The molecular weight excluding hydrogens is 302 g/mol. The maximum absolute atomic E-state index is 11.9. The van der Waals surface area contributed by atoms with E-state index in [1.54, 1.807) is 10.9 Å². The first-order valence-electron chi connectivity index (χ1n) is 8.03. The second-order valence-electron chi connectivity index (χ2n) is 5.95. The zero-order valence-corrected chi connectivity index (χ0v) is 13.6. The largest absolute Gasteiger partial charge is 0.387 e. The number of carbonyl (C=O) groups excluding carboxylic acids is 1. The average Bonchev–Trinajstić information content (AvgIpc) is 3.02. The normalized spacial score (nSPS) is 12.2. The topological polar surface area (TPSA) is 67.2 Å². The van der Waals surface area contributed by atoms with Crippen molar-refractivity contribution < 1.29 is 9.90 Å². The molecule has 0 spiro atoms. The first kappa shape index (κ1) is 16.2. The quantitative estimate of drug-likeness (QED) is 0.732. The van der Waals surface area contributed by atoms with E-state index in [0.717, 1.165) is 21.9 Å². The minimum absolute atomic E-state index is 0.0707. The molecule has 2 N–H and O–H groups in total. The summed E-state index contributed by atoms with van der Waals surface area (Å²) in [5.74, 6) is -0.0707. The molecule has 0 aliphatic carbocycles. The summed E-state index contributed by atoms with van der Waals surface area (Å²) in [7, 11) is 1.85. The number of benzene rings is 2. The summed E-state index contributed by atoms with van der Waals surface area (Å²) in [6.45, 7) is 0.213. The van der Waals surface area contributed by atoms with Gasteiger partial charge in [-0.2, -0.15) is 5.10 Å². The van der Waals surface area contributed by atoms with E-state index < -0.39 is 6.10 Å². The lowest BCUT2D eigenvalue weighted by Gasteiger charge is -2.13. The average molecular weight is 323 g/mol. The van der Waals surface area contributed by atoms with E-state index in [2.05, 4.69) is 10.4 Å². The minimum atomic E-state index is -0.711. The maximum atomic E-state index is 11.9. The third kappa shape index (κ3) is 4.00. The van der Waals surface area contributed by atoms with Gasteiger partial charge in [-0.05, 0) is 34.4 Å². The predicted octanol–water partition coefficient (Wildman–Crippen LogP) is 2.36. The van der Waals surface area contributed by atoms with Crippen molar-refractivity contribution in [2.24, 2.45) is 7.05 Å². The van der Waals surface area contributed by atoms with Crippen LogP contribution in [0.2, 0.25) is 0 Å². The smallest absolute Gasteiger partial charge is 0.220 e. The molecule has 1 unspecified atom stereocenters. The van der Waals surface area contributed by atoms with Gasteiger partial charge in [0.1, 0.15) is 0 Å². The van der Waals surface area contributed by atoms with E-state index in [4.69, 9.17) is 0 Å². The number of aromatic nitrogens is 2. The fourth-order valence-corrected chi connectivity index (χ4v) is 2.69. The third-order valence-electron chi connectivity index (χ3n) is 4.05. The van der Waals surface area contributed by atoms with Gasteiger partial charge in [0.2, 0.25) is 5.91 Å². The van der Waals surface area contributed by atoms with E-state index in [1.165, 1.54) is 0 Å². The molecule has 3 rings (SSSR count). The van der Waals surface area contributed by atoms with Crippen LogP contribution in [0.1, 0.15) is 23.7 Å². The molecule has 24 heavy (non-hydrogen) atoms. The summed E-state index contributed by atoms with van der Waals surface area (Å²) >= 11 is 0. The van der Waals surface area contributed by atoms with Crippen molar-refractivity contribution in [1.29, 1.82) is 0 Å². The second kappa shape index (κ2) is 7.27. The van der Waals surface area contributed by atoms with Crippen molar-refractivity contribution >= 4 is 16.7 Å². The highest BCUT2D eigenvalue weighted by molar-refractivity contribution is 5.83. The van der Waals surface area contributed by atoms with E-state index in [-0.39, 0.29) is 12.5 Å². The highest BCUT2D eigenvalue weighted by Gasteiger charge is 2.10. The zero-order valence-electron chi connectivity index (χ0n) is 13.6. The van der Waals surface area contributed by atoms with Gasteiger partial charge in [-0.3, -0.25) is 9.48 Å². The molecule has 0 aliphatic heterocycles. The number of nitrogens with zero attached hydrogens (tertiary/aromatic N) is 2. The molecule has 1 atom stereocenters. The number of aliphatic hydroxyl groups excluding tert-OH is 1. The van der Waals surface area contributed by atoms with Crippen LogP contribution >= 0.6 is 0 Å². The van der Waals surface area contributed by atoms with Gasteiger partial charge in [0.15, 0.2) is 0 Å². The number of aryl methyl sites for hydroxylation is 2. The van der Waals surface area contributed by atoms with E-state index in [0.29, 0.717) is 12.8 Å². The molecule has 0 bridgehead atoms. The number of aliphatic hydroxyl groups is 1. The van der Waals surface area contributed by atoms with Crippen LogP contribution in [0, 0.1) is 0 Å². The van der Waals surface area contributed by atoms with Crippen LogP contribution in [0.3, 0.4) is 0 Å². The number of hydrogen-bond acceptors (Lipinski definition) is 3. The lowest BCUT2D eigenvalue weighted by molar-refractivity contribution is -0.121. The van der Waals surface area contributed by atoms with Crippen LogP contribution in [0.25, 0.3) is 10.8 Å². The fraction of sp³-hybridized carbons (Fsp3) is 0.263. The number of carbonyl (C=O) groups is 1. The maximum Gasteiger partial charge on any atom is 0.220 e. The zero-order chi connectivity index (χ0) is 16.9. The monoisotopic (exact) mass is 323 g/mol. The predicted molar refractivity (Wildman–Crippen MR) is 93.4 cm³/mol. The Hall–Kier alpha value is -2.66. The highest BCUT2D eigenvalue weighted by atomic mass is 16.3. The molecule has 1 aromatic heterocycles. The molecule has 2 aromatic carbocycles. The molecule has 0 saturated carbocycles. The first-order valence-corrected chi connectivity index (χ1v) is 8.03. The summed E-state index contributed by atoms with van der Waals surface area (Å²) in [5.41, 5.74) is 1.84. The number of amides is 1. The Kier molecular flexibility index (Phi) is 4.91. The summed E-state index contributed by atoms with van der Waals surface area (Å²) < 4.78 is 1.72. The van der Waals surface area contributed by atoms with E-state index in [1.807, 2.05) is 55.7 Å². The van der Waals surface area contributed by atoms with E-state index >= 15 is 0 Å².